The van der Waals surface area contributed by atoms with Gasteiger partial charge in [-0.05, 0) is 19.1 Å². The van der Waals surface area contributed by atoms with E-state index in [2.05, 4.69) is 20.5 Å². The summed E-state index contributed by atoms with van der Waals surface area (Å²) in [5, 5.41) is 10.9. The van der Waals surface area contributed by atoms with Crippen molar-refractivity contribution in [2.45, 2.75) is 6.92 Å². The number of aromatic nitrogens is 4. The number of nitrogens with one attached hydrogen (secondary N) is 1. The molecule has 0 saturated heterocycles. The molecule has 8 heteroatoms. The van der Waals surface area contributed by atoms with Gasteiger partial charge in [0.25, 0.3) is 0 Å². The van der Waals surface area contributed by atoms with Gasteiger partial charge in [-0.15, -0.1) is 10.2 Å². The number of anilines is 2. The Morgan fingerprint density at radius 2 is 2.17 bits per heavy atom. The third kappa shape index (κ3) is 2.95. The maximum Gasteiger partial charge on any atom is 0.361 e. The van der Waals surface area contributed by atoms with Crippen LogP contribution in [0.2, 0.25) is 5.15 Å². The van der Waals surface area contributed by atoms with E-state index in [-0.39, 0.29) is 17.5 Å². The molecule has 1 N–H and O–H groups in total. The highest BCUT2D eigenvalue weighted by Gasteiger charge is 2.17. The third-order valence-corrected chi connectivity index (χ3v) is 3.44. The molecule has 0 aliphatic rings. The average molecular weight is 332 g/mol. The van der Waals surface area contributed by atoms with Crippen LogP contribution >= 0.6 is 11.6 Å². The fraction of sp³-hybridized carbons (Fsp3) is 0.200. The molecule has 0 aliphatic heterocycles. The number of fused-ring (bicyclic) bond motifs is 1. The molecule has 118 valence electrons. The number of hydrogen-bond acceptors (Lipinski definition) is 6. The molecule has 3 aromatic rings. The summed E-state index contributed by atoms with van der Waals surface area (Å²) in [4.78, 5) is 16.4. The zero-order valence-electron chi connectivity index (χ0n) is 12.6. The molecule has 0 amide bonds. The largest absolute Gasteiger partial charge is 0.461 e. The summed E-state index contributed by atoms with van der Waals surface area (Å²) < 4.78 is 6.90. The maximum atomic E-state index is 12.0. The van der Waals surface area contributed by atoms with Crippen LogP contribution in [-0.4, -0.2) is 32.3 Å². The van der Waals surface area contributed by atoms with Crippen molar-refractivity contribution in [3.05, 3.63) is 41.4 Å². The van der Waals surface area contributed by atoms with Gasteiger partial charge in [0.1, 0.15) is 5.52 Å². The van der Waals surface area contributed by atoms with Crippen LogP contribution in [-0.2, 0) is 11.8 Å². The minimum Gasteiger partial charge on any atom is -0.461 e. The highest BCUT2D eigenvalue weighted by molar-refractivity contribution is 6.29. The van der Waals surface area contributed by atoms with Crippen LogP contribution in [0.25, 0.3) is 11.0 Å². The Bertz CT molecular complexity index is 877. The molecule has 0 saturated carbocycles. The maximum absolute atomic E-state index is 12.0. The van der Waals surface area contributed by atoms with E-state index in [1.165, 1.54) is 6.07 Å². The molecule has 0 fully saturated rings. The van der Waals surface area contributed by atoms with Crippen LogP contribution < -0.4 is 5.32 Å². The summed E-state index contributed by atoms with van der Waals surface area (Å²) in [6.45, 7) is 1.97. The Morgan fingerprint density at radius 3 is 2.96 bits per heavy atom. The minimum absolute atomic E-state index is 0.0733. The first kappa shape index (κ1) is 15.2. The summed E-state index contributed by atoms with van der Waals surface area (Å²) in [6, 6.07) is 7.24. The van der Waals surface area contributed by atoms with Gasteiger partial charge in [-0.2, -0.15) is 0 Å². The van der Waals surface area contributed by atoms with Crippen LogP contribution in [0.4, 0.5) is 11.4 Å². The van der Waals surface area contributed by atoms with E-state index in [1.807, 2.05) is 29.8 Å². The second-order valence-corrected chi connectivity index (χ2v) is 5.19. The second kappa shape index (κ2) is 6.21. The van der Waals surface area contributed by atoms with Crippen LogP contribution in [0.1, 0.15) is 17.4 Å². The predicted molar refractivity (Wildman–Crippen MR) is 87.0 cm³/mol. The summed E-state index contributed by atoms with van der Waals surface area (Å²) >= 11 is 5.90. The monoisotopic (exact) mass is 331 g/mol. The minimum atomic E-state index is -0.563. The van der Waals surface area contributed by atoms with Crippen molar-refractivity contribution in [3.63, 3.8) is 0 Å². The highest BCUT2D eigenvalue weighted by Crippen LogP contribution is 2.27. The van der Waals surface area contributed by atoms with Crippen molar-refractivity contribution in [2.24, 2.45) is 7.05 Å². The number of carbonyl (C=O) groups is 1. The first-order valence-corrected chi connectivity index (χ1v) is 7.35. The smallest absolute Gasteiger partial charge is 0.361 e. The summed E-state index contributed by atoms with van der Waals surface area (Å²) in [5.41, 5.74) is 2.96. The first-order valence-electron chi connectivity index (χ1n) is 6.97. The molecule has 0 aliphatic carbocycles. The molecular formula is C15H14ClN5O2. The fourth-order valence-corrected chi connectivity index (χ4v) is 2.36. The molecule has 0 bridgehead atoms. The van der Waals surface area contributed by atoms with Crippen LogP contribution in [0, 0.1) is 0 Å². The molecule has 2 aromatic heterocycles. The van der Waals surface area contributed by atoms with Crippen molar-refractivity contribution in [3.8, 4) is 0 Å². The number of imidazole rings is 1. The predicted octanol–water partition coefficient (Wildman–Crippen LogP) is 2.94. The molecule has 23 heavy (non-hydrogen) atoms. The Kier molecular flexibility index (Phi) is 4.12. The lowest BCUT2D eigenvalue weighted by Crippen LogP contribution is -2.11. The number of benzene rings is 1. The molecule has 1 aromatic carbocycles. The van der Waals surface area contributed by atoms with Gasteiger partial charge in [-0.25, -0.2) is 9.78 Å². The van der Waals surface area contributed by atoms with E-state index in [1.54, 1.807) is 13.3 Å². The summed E-state index contributed by atoms with van der Waals surface area (Å²) in [6.07, 6.45) is 1.72. The topological polar surface area (TPSA) is 81.9 Å². The van der Waals surface area contributed by atoms with Gasteiger partial charge in [0.15, 0.2) is 10.8 Å². The number of para-hydroxylation sites is 1. The van der Waals surface area contributed by atoms with E-state index in [9.17, 15) is 4.79 Å². The van der Waals surface area contributed by atoms with Crippen molar-refractivity contribution in [2.75, 3.05) is 11.9 Å². The van der Waals surface area contributed by atoms with E-state index in [4.69, 9.17) is 16.3 Å². The Hall–Kier alpha value is -2.67. The number of nitrogens with zero attached hydrogens (tertiary/aromatic N) is 4. The number of halogens is 1. The molecule has 3 rings (SSSR count). The fourth-order valence-electron chi connectivity index (χ4n) is 2.22. The summed E-state index contributed by atoms with van der Waals surface area (Å²) in [5.74, 6) is -0.563. The standard InChI is InChI=1S/C15H14ClN5O2/c1-3-23-15(22)14-10(7-12(16)19-20-14)18-9-5-4-6-11-13(9)17-8-21(11)2/h4-8H,3H2,1-2H3,(H,18,19). The first-order chi connectivity index (χ1) is 11.1. The lowest BCUT2D eigenvalue weighted by molar-refractivity contribution is 0.0519. The van der Waals surface area contributed by atoms with Gasteiger partial charge in [-0.1, -0.05) is 17.7 Å². The molecule has 0 unspecified atom stereocenters. The molecule has 0 radical (unpaired) electrons. The number of aryl methyl sites for hydroxylation is 1. The van der Waals surface area contributed by atoms with Gasteiger partial charge >= 0.3 is 5.97 Å². The normalized spacial score (nSPS) is 10.7. The lowest BCUT2D eigenvalue weighted by Gasteiger charge is -2.11. The van der Waals surface area contributed by atoms with Gasteiger partial charge < -0.3 is 14.6 Å². The molecule has 2 heterocycles. The number of esters is 1. The Morgan fingerprint density at radius 1 is 1.35 bits per heavy atom. The molecule has 0 atom stereocenters. The lowest BCUT2D eigenvalue weighted by atomic mass is 10.2. The van der Waals surface area contributed by atoms with Crippen LogP contribution in [0.3, 0.4) is 0 Å². The number of carbonyl (C=O) groups excluding carboxylic acids is 1. The molecule has 7 nitrogen and oxygen atoms in total. The van der Waals surface area contributed by atoms with Crippen LogP contribution in [0.15, 0.2) is 30.6 Å². The molecule has 0 spiro atoms. The third-order valence-electron chi connectivity index (χ3n) is 3.26. The highest BCUT2D eigenvalue weighted by atomic mass is 35.5. The Balaban J connectivity index is 2.04. The van der Waals surface area contributed by atoms with E-state index in [0.29, 0.717) is 5.69 Å². The van der Waals surface area contributed by atoms with Gasteiger partial charge in [-0.3, -0.25) is 0 Å². The number of ether oxygens (including phenoxy) is 1. The Labute approximate surface area is 137 Å². The zero-order chi connectivity index (χ0) is 16.4. The molecular weight excluding hydrogens is 318 g/mol. The SMILES string of the molecule is CCOC(=O)c1nnc(Cl)cc1Nc1cccc2c1ncn2C. The van der Waals surface area contributed by atoms with Gasteiger partial charge in [0.2, 0.25) is 0 Å². The van der Waals surface area contributed by atoms with E-state index >= 15 is 0 Å². The second-order valence-electron chi connectivity index (χ2n) is 4.80. The average Bonchev–Trinajstić information content (AvgIpc) is 2.90. The van der Waals surface area contributed by atoms with Crippen molar-refractivity contribution >= 4 is 40.0 Å². The van der Waals surface area contributed by atoms with Gasteiger partial charge in [0, 0.05) is 13.1 Å². The summed E-state index contributed by atoms with van der Waals surface area (Å²) in [7, 11) is 1.91. The van der Waals surface area contributed by atoms with Crippen LogP contribution in [0.5, 0.6) is 0 Å². The number of rotatable bonds is 4. The zero-order valence-corrected chi connectivity index (χ0v) is 13.3. The van der Waals surface area contributed by atoms with Crippen molar-refractivity contribution in [1.82, 2.24) is 19.7 Å². The van der Waals surface area contributed by atoms with E-state index in [0.717, 1.165) is 16.7 Å². The van der Waals surface area contributed by atoms with Crippen molar-refractivity contribution < 1.29 is 9.53 Å². The van der Waals surface area contributed by atoms with Crippen molar-refractivity contribution in [1.29, 1.82) is 0 Å². The quantitative estimate of drug-likeness (QED) is 0.740. The van der Waals surface area contributed by atoms with Gasteiger partial charge in [0.05, 0.1) is 29.8 Å². The van der Waals surface area contributed by atoms with E-state index < -0.39 is 5.97 Å². The number of hydrogen-bond donors (Lipinski definition) is 1.